The molecule has 0 bridgehead atoms. The number of rotatable bonds is 4. The number of nitrogens with one attached hydrogen (secondary N) is 1. The van der Waals surface area contributed by atoms with Crippen molar-refractivity contribution < 1.29 is 9.53 Å². The van der Waals surface area contributed by atoms with Gasteiger partial charge < -0.3 is 10.1 Å². The van der Waals surface area contributed by atoms with E-state index in [2.05, 4.69) is 32.2 Å². The maximum absolute atomic E-state index is 13.7. The topological polar surface area (TPSA) is 62.1 Å². The van der Waals surface area contributed by atoms with Gasteiger partial charge in [0, 0.05) is 16.0 Å². The monoisotopic (exact) mass is 456 g/mol. The van der Waals surface area contributed by atoms with Crippen molar-refractivity contribution in [1.82, 2.24) is 0 Å². The predicted octanol–water partition coefficient (Wildman–Crippen LogP) is 7.04. The standard InChI is InChI=1S/C28H28N2O2S/c1-4-28(2,3)17-13-14-18-21(16-29)27(33-24(18)15-17)30-26(31)25-19-9-5-7-11-22(19)32-23-12-8-6-10-20(23)25/h5-12,17,25H,4,13-15H2,1-3H3,(H,30,31)/t17-/m1/s1. The van der Waals surface area contributed by atoms with Gasteiger partial charge in [0.1, 0.15) is 22.6 Å². The number of ether oxygens (including phenoxy) is 1. The first-order valence-electron chi connectivity index (χ1n) is 11.6. The fraction of sp³-hybridized carbons (Fsp3) is 0.357. The van der Waals surface area contributed by atoms with E-state index in [0.29, 0.717) is 28.0 Å². The molecule has 1 aliphatic heterocycles. The molecule has 2 heterocycles. The van der Waals surface area contributed by atoms with Crippen LogP contribution < -0.4 is 10.1 Å². The van der Waals surface area contributed by atoms with E-state index < -0.39 is 5.92 Å². The molecular formula is C28H28N2O2S. The molecule has 168 valence electrons. The summed E-state index contributed by atoms with van der Waals surface area (Å²) in [6.07, 6.45) is 4.11. The van der Waals surface area contributed by atoms with Crippen molar-refractivity contribution >= 4 is 22.2 Å². The Bertz CT molecular complexity index is 1220. The molecule has 1 aliphatic carbocycles. The SMILES string of the molecule is CCC(C)(C)[C@@H]1CCc2c(sc(NC(=O)C3c4ccccc4Oc4ccccc43)c2C#N)C1. The van der Waals surface area contributed by atoms with Crippen LogP contribution in [0.1, 0.15) is 66.7 Å². The number of hydrogen-bond acceptors (Lipinski definition) is 4. The van der Waals surface area contributed by atoms with Gasteiger partial charge in [-0.25, -0.2) is 0 Å². The maximum Gasteiger partial charge on any atom is 0.237 e. The Hall–Kier alpha value is -3.10. The molecular weight excluding hydrogens is 428 g/mol. The van der Waals surface area contributed by atoms with Crippen molar-refractivity contribution in [3.05, 3.63) is 75.7 Å². The van der Waals surface area contributed by atoms with Crippen molar-refractivity contribution in [3.8, 4) is 17.6 Å². The van der Waals surface area contributed by atoms with E-state index >= 15 is 0 Å². The number of thiophene rings is 1. The van der Waals surface area contributed by atoms with E-state index in [1.807, 2.05) is 48.5 Å². The van der Waals surface area contributed by atoms with Crippen LogP contribution >= 0.6 is 11.3 Å². The normalized spacial score (nSPS) is 17.2. The summed E-state index contributed by atoms with van der Waals surface area (Å²) in [5.74, 6) is 1.39. The molecule has 0 saturated heterocycles. The number of nitriles is 1. The second-order valence-electron chi connectivity index (χ2n) is 9.70. The third-order valence-corrected chi connectivity index (χ3v) is 8.74. The number of nitrogens with zero attached hydrogens (tertiary/aromatic N) is 1. The summed E-state index contributed by atoms with van der Waals surface area (Å²) in [6, 6.07) is 17.7. The third kappa shape index (κ3) is 3.73. The van der Waals surface area contributed by atoms with Gasteiger partial charge in [0.25, 0.3) is 0 Å². The highest BCUT2D eigenvalue weighted by molar-refractivity contribution is 7.16. The minimum absolute atomic E-state index is 0.126. The molecule has 1 atom stereocenters. The Morgan fingerprint density at radius 3 is 2.39 bits per heavy atom. The molecule has 0 radical (unpaired) electrons. The largest absolute Gasteiger partial charge is 0.457 e. The summed E-state index contributed by atoms with van der Waals surface area (Å²) in [6.45, 7) is 6.92. The van der Waals surface area contributed by atoms with Gasteiger partial charge >= 0.3 is 0 Å². The average molecular weight is 457 g/mol. The summed E-state index contributed by atoms with van der Waals surface area (Å²) >= 11 is 1.59. The Labute approximate surface area is 199 Å². The lowest BCUT2D eigenvalue weighted by Crippen LogP contribution is -2.28. The van der Waals surface area contributed by atoms with Gasteiger partial charge in [-0.1, -0.05) is 63.6 Å². The van der Waals surface area contributed by atoms with Crippen LogP contribution in [-0.4, -0.2) is 5.91 Å². The molecule has 5 heteroatoms. The first-order valence-corrected chi connectivity index (χ1v) is 12.5. The van der Waals surface area contributed by atoms with Crippen molar-refractivity contribution in [2.75, 3.05) is 5.32 Å². The first-order chi connectivity index (χ1) is 15.9. The molecule has 1 N–H and O–H groups in total. The zero-order chi connectivity index (χ0) is 23.2. The van der Waals surface area contributed by atoms with Crippen molar-refractivity contribution in [3.63, 3.8) is 0 Å². The maximum atomic E-state index is 13.7. The fourth-order valence-corrected chi connectivity index (χ4v) is 6.41. The van der Waals surface area contributed by atoms with E-state index in [1.165, 1.54) is 4.88 Å². The lowest BCUT2D eigenvalue weighted by Gasteiger charge is -2.36. The van der Waals surface area contributed by atoms with E-state index in [-0.39, 0.29) is 11.3 Å². The van der Waals surface area contributed by atoms with Crippen molar-refractivity contribution in [2.24, 2.45) is 11.3 Å². The zero-order valence-corrected chi connectivity index (χ0v) is 20.1. The smallest absolute Gasteiger partial charge is 0.237 e. The minimum Gasteiger partial charge on any atom is -0.457 e. The number of hydrogen-bond donors (Lipinski definition) is 1. The molecule has 2 aliphatic rings. The molecule has 5 rings (SSSR count). The van der Waals surface area contributed by atoms with Crippen molar-refractivity contribution in [1.29, 1.82) is 5.26 Å². The van der Waals surface area contributed by atoms with Crippen molar-refractivity contribution in [2.45, 2.75) is 52.4 Å². The van der Waals surface area contributed by atoms with Gasteiger partial charge in [-0.2, -0.15) is 5.26 Å². The molecule has 1 aromatic heterocycles. The van der Waals surface area contributed by atoms with Gasteiger partial charge in [-0.05, 0) is 48.3 Å². The lowest BCUT2D eigenvalue weighted by atomic mass is 9.69. The molecule has 4 nitrogen and oxygen atoms in total. The number of amides is 1. The Balaban J connectivity index is 1.48. The highest BCUT2D eigenvalue weighted by atomic mass is 32.1. The van der Waals surface area contributed by atoms with Gasteiger partial charge in [0.05, 0.1) is 11.5 Å². The number of fused-ring (bicyclic) bond motifs is 3. The highest BCUT2D eigenvalue weighted by Crippen LogP contribution is 2.47. The van der Waals surface area contributed by atoms with Crippen LogP contribution in [0.3, 0.4) is 0 Å². The molecule has 3 aromatic rings. The Kier molecular flexibility index (Phi) is 5.50. The molecule has 0 spiro atoms. The predicted molar refractivity (Wildman–Crippen MR) is 132 cm³/mol. The summed E-state index contributed by atoms with van der Waals surface area (Å²) in [4.78, 5) is 14.9. The summed E-state index contributed by atoms with van der Waals surface area (Å²) in [5, 5.41) is 13.8. The zero-order valence-electron chi connectivity index (χ0n) is 19.3. The van der Waals surface area contributed by atoms with Gasteiger partial charge in [-0.15, -0.1) is 11.3 Å². The Morgan fingerprint density at radius 1 is 1.15 bits per heavy atom. The summed E-state index contributed by atoms with van der Waals surface area (Å²) in [7, 11) is 0. The second-order valence-corrected chi connectivity index (χ2v) is 10.8. The number of anilines is 1. The highest BCUT2D eigenvalue weighted by Gasteiger charge is 2.36. The van der Waals surface area contributed by atoms with E-state index in [4.69, 9.17) is 4.74 Å². The lowest BCUT2D eigenvalue weighted by molar-refractivity contribution is -0.116. The van der Waals surface area contributed by atoms with Crippen LogP contribution in [0.25, 0.3) is 0 Å². The van der Waals surface area contributed by atoms with Crippen LogP contribution in [0.2, 0.25) is 0 Å². The number of carbonyl (C=O) groups is 1. The van der Waals surface area contributed by atoms with E-state index in [0.717, 1.165) is 42.4 Å². The molecule has 2 aromatic carbocycles. The van der Waals surface area contributed by atoms with Gasteiger partial charge in [-0.3, -0.25) is 4.79 Å². The minimum atomic E-state index is -0.483. The summed E-state index contributed by atoms with van der Waals surface area (Å²) in [5.41, 5.74) is 3.74. The van der Waals surface area contributed by atoms with Crippen LogP contribution in [0.15, 0.2) is 48.5 Å². The average Bonchev–Trinajstić information content (AvgIpc) is 3.18. The van der Waals surface area contributed by atoms with Gasteiger partial charge in [0.2, 0.25) is 5.91 Å². The number of benzene rings is 2. The second kappa shape index (κ2) is 8.35. The van der Waals surface area contributed by atoms with E-state index in [9.17, 15) is 10.1 Å². The van der Waals surface area contributed by atoms with Gasteiger partial charge in [0.15, 0.2) is 0 Å². The molecule has 1 amide bonds. The number of carbonyl (C=O) groups excluding carboxylic acids is 1. The molecule has 0 saturated carbocycles. The van der Waals surface area contributed by atoms with Crippen LogP contribution in [0.4, 0.5) is 5.00 Å². The number of para-hydroxylation sites is 2. The molecule has 0 unspecified atom stereocenters. The molecule has 33 heavy (non-hydrogen) atoms. The van der Waals surface area contributed by atoms with Crippen LogP contribution in [-0.2, 0) is 17.6 Å². The van der Waals surface area contributed by atoms with Crippen LogP contribution in [0, 0.1) is 22.7 Å². The van der Waals surface area contributed by atoms with Crippen LogP contribution in [0.5, 0.6) is 11.5 Å². The summed E-state index contributed by atoms with van der Waals surface area (Å²) < 4.78 is 6.04. The Morgan fingerprint density at radius 2 is 1.79 bits per heavy atom. The quantitative estimate of drug-likeness (QED) is 0.458. The third-order valence-electron chi connectivity index (χ3n) is 7.57. The fourth-order valence-electron chi connectivity index (χ4n) is 5.12. The molecule has 0 fully saturated rings. The van der Waals surface area contributed by atoms with E-state index in [1.54, 1.807) is 11.3 Å². The first kappa shape index (κ1) is 21.7.